The average Bonchev–Trinajstić information content (AvgIpc) is 3.53. The van der Waals surface area contributed by atoms with E-state index in [4.69, 9.17) is 0 Å². The Labute approximate surface area is 258 Å². The molecule has 0 aliphatic carbocycles. The quantitative estimate of drug-likeness (QED) is 0.193. The molecule has 0 N–H and O–H groups in total. The van der Waals surface area contributed by atoms with Gasteiger partial charge in [0.2, 0.25) is 0 Å². The Morgan fingerprint density at radius 2 is 0.911 bits per heavy atom. The van der Waals surface area contributed by atoms with Gasteiger partial charge in [0.15, 0.2) is 0 Å². The minimum Gasteiger partial charge on any atom is -0.309 e. The van der Waals surface area contributed by atoms with E-state index in [0.717, 1.165) is 66.0 Å². The lowest BCUT2D eigenvalue weighted by Crippen LogP contribution is -2.09. The maximum atomic E-state index is 14.7. The van der Waals surface area contributed by atoms with Crippen LogP contribution >= 0.6 is 0 Å². The van der Waals surface area contributed by atoms with E-state index in [-0.39, 0.29) is 5.56 Å². The zero-order valence-corrected chi connectivity index (χ0v) is 25.1. The Kier molecular flexibility index (Phi) is 5.98. The van der Waals surface area contributed by atoms with Crippen molar-refractivity contribution in [2.45, 2.75) is 26.9 Å². The topological polar surface area (TPSA) is 9.86 Å². The van der Waals surface area contributed by atoms with E-state index in [1.165, 1.54) is 6.07 Å². The number of para-hydroxylation sites is 2. The fraction of sp³-hybridized carbons (Fsp3) is 0.100. The molecule has 0 bridgehead atoms. The lowest BCUT2D eigenvalue weighted by molar-refractivity contribution is -0.137. The Morgan fingerprint density at radius 1 is 0.444 bits per heavy atom. The fourth-order valence-electron chi connectivity index (χ4n) is 6.91. The molecule has 45 heavy (non-hydrogen) atoms. The van der Waals surface area contributed by atoms with Crippen LogP contribution in [0.3, 0.4) is 0 Å². The molecule has 0 radical (unpaired) electrons. The van der Waals surface area contributed by atoms with Crippen molar-refractivity contribution in [2.24, 2.45) is 0 Å². The molecule has 5 heteroatoms. The van der Waals surface area contributed by atoms with Crippen molar-refractivity contribution in [1.29, 1.82) is 0 Å². The number of fused-ring (bicyclic) bond motifs is 6. The van der Waals surface area contributed by atoms with Crippen molar-refractivity contribution in [3.63, 3.8) is 0 Å². The summed E-state index contributed by atoms with van der Waals surface area (Å²) in [4.78, 5) is 0. The number of hydrogen-bond donors (Lipinski definition) is 0. The van der Waals surface area contributed by atoms with E-state index in [1.807, 2.05) is 61.5 Å². The first-order valence-electron chi connectivity index (χ1n) is 15.0. The third kappa shape index (κ3) is 4.26. The second-order valence-corrected chi connectivity index (χ2v) is 12.0. The van der Waals surface area contributed by atoms with Gasteiger partial charge in [-0.25, -0.2) is 0 Å². The highest BCUT2D eigenvalue weighted by atomic mass is 19.4. The third-order valence-electron chi connectivity index (χ3n) is 8.99. The van der Waals surface area contributed by atoms with Crippen molar-refractivity contribution < 1.29 is 13.2 Å². The first-order valence-corrected chi connectivity index (χ1v) is 15.0. The van der Waals surface area contributed by atoms with Gasteiger partial charge in [0.1, 0.15) is 0 Å². The van der Waals surface area contributed by atoms with Crippen LogP contribution in [0.2, 0.25) is 0 Å². The van der Waals surface area contributed by atoms with Gasteiger partial charge in [0.05, 0.1) is 27.6 Å². The second kappa shape index (κ2) is 9.86. The molecule has 2 aromatic heterocycles. The first-order chi connectivity index (χ1) is 21.7. The van der Waals surface area contributed by atoms with Crippen LogP contribution in [0.25, 0.3) is 66.1 Å². The summed E-state index contributed by atoms with van der Waals surface area (Å²) in [6, 6.07) is 39.2. The zero-order valence-electron chi connectivity index (χ0n) is 25.1. The minimum absolute atomic E-state index is 0.161. The van der Waals surface area contributed by atoms with E-state index >= 15 is 0 Å². The van der Waals surface area contributed by atoms with Gasteiger partial charge >= 0.3 is 6.18 Å². The summed E-state index contributed by atoms with van der Waals surface area (Å²) in [5.41, 5.74) is 8.56. The molecule has 0 unspecified atom stereocenters. The molecule has 0 fully saturated rings. The summed E-state index contributed by atoms with van der Waals surface area (Å²) in [6.07, 6.45) is -4.53. The highest BCUT2D eigenvalue weighted by Crippen LogP contribution is 2.42. The zero-order chi connectivity index (χ0) is 31.0. The standard InChI is InChI=1S/C40H29F3N2/c1-24-12-18-38-33(20-24)29-8-4-6-10-36(29)44(38)27-15-14-26(3)31(22-27)32-23-28(16-17-35(32)40(41,42)43)45-37-11-7-5-9-30(37)34-21-25(2)13-19-39(34)45/h4-23H,1-3H3. The monoisotopic (exact) mass is 594 g/mol. The molecule has 6 aromatic carbocycles. The molecule has 0 saturated carbocycles. The van der Waals surface area contributed by atoms with Crippen LogP contribution in [0.4, 0.5) is 13.2 Å². The largest absolute Gasteiger partial charge is 0.417 e. The Morgan fingerprint density at radius 3 is 1.44 bits per heavy atom. The number of nitrogens with zero attached hydrogens (tertiary/aromatic N) is 2. The molecule has 2 nitrogen and oxygen atoms in total. The van der Waals surface area contributed by atoms with E-state index in [0.29, 0.717) is 11.3 Å². The normalized spacial score (nSPS) is 12.2. The number of alkyl halides is 3. The van der Waals surface area contributed by atoms with Crippen LogP contribution in [0, 0.1) is 20.8 Å². The molecule has 0 aliphatic heterocycles. The van der Waals surface area contributed by atoms with E-state index in [1.54, 1.807) is 12.1 Å². The molecule has 0 aliphatic rings. The molecule has 220 valence electrons. The highest BCUT2D eigenvalue weighted by molar-refractivity contribution is 6.10. The number of rotatable bonds is 3. The van der Waals surface area contributed by atoms with Crippen LogP contribution in [0.5, 0.6) is 0 Å². The third-order valence-corrected chi connectivity index (χ3v) is 8.99. The van der Waals surface area contributed by atoms with Crippen molar-refractivity contribution in [2.75, 3.05) is 0 Å². The average molecular weight is 595 g/mol. The molecule has 8 rings (SSSR count). The summed E-state index contributed by atoms with van der Waals surface area (Å²) in [5.74, 6) is 0. The van der Waals surface area contributed by atoms with Gasteiger partial charge in [-0.2, -0.15) is 13.2 Å². The first kappa shape index (κ1) is 27.3. The Hall–Kier alpha value is -5.29. The molecule has 0 spiro atoms. The maximum absolute atomic E-state index is 14.7. The number of hydrogen-bond acceptors (Lipinski definition) is 0. The molecule has 8 aromatic rings. The summed E-state index contributed by atoms with van der Waals surface area (Å²) in [7, 11) is 0. The lowest BCUT2D eigenvalue weighted by atomic mass is 9.94. The Bertz CT molecular complexity index is 2460. The number of aromatic nitrogens is 2. The summed E-state index contributed by atoms with van der Waals surface area (Å²) < 4.78 is 48.3. The van der Waals surface area contributed by atoms with Crippen molar-refractivity contribution in [3.8, 4) is 22.5 Å². The van der Waals surface area contributed by atoms with Crippen LogP contribution in [0.15, 0.2) is 121 Å². The smallest absolute Gasteiger partial charge is 0.309 e. The van der Waals surface area contributed by atoms with Gasteiger partial charge in [0.25, 0.3) is 0 Å². The predicted molar refractivity (Wildman–Crippen MR) is 180 cm³/mol. The summed E-state index contributed by atoms with van der Waals surface area (Å²) in [6.45, 7) is 6.00. The fourth-order valence-corrected chi connectivity index (χ4v) is 6.91. The number of aryl methyl sites for hydroxylation is 3. The Balaban J connectivity index is 1.40. The minimum atomic E-state index is -4.53. The van der Waals surface area contributed by atoms with Gasteiger partial charge < -0.3 is 9.13 Å². The van der Waals surface area contributed by atoms with Gasteiger partial charge in [-0.05, 0) is 104 Å². The molecule has 0 amide bonds. The number of benzene rings is 6. The molecular formula is C40H29F3N2. The van der Waals surface area contributed by atoms with Gasteiger partial charge in [-0.1, -0.05) is 65.7 Å². The second-order valence-electron chi connectivity index (χ2n) is 12.0. The van der Waals surface area contributed by atoms with Gasteiger partial charge in [-0.15, -0.1) is 0 Å². The van der Waals surface area contributed by atoms with E-state index in [9.17, 15) is 13.2 Å². The molecule has 0 atom stereocenters. The molecular weight excluding hydrogens is 565 g/mol. The summed E-state index contributed by atoms with van der Waals surface area (Å²) >= 11 is 0. The van der Waals surface area contributed by atoms with E-state index < -0.39 is 11.7 Å². The molecule has 0 saturated heterocycles. The van der Waals surface area contributed by atoms with Gasteiger partial charge in [-0.3, -0.25) is 0 Å². The SMILES string of the molecule is Cc1ccc2c(c1)c1ccccc1n2-c1ccc(C)c(-c2cc(-n3c4ccccc4c4cc(C)ccc43)ccc2C(F)(F)F)c1. The highest BCUT2D eigenvalue weighted by Gasteiger charge is 2.34. The van der Waals surface area contributed by atoms with Gasteiger partial charge in [0, 0.05) is 32.9 Å². The number of halogens is 3. The maximum Gasteiger partial charge on any atom is 0.417 e. The van der Waals surface area contributed by atoms with Crippen molar-refractivity contribution >= 4 is 43.6 Å². The predicted octanol–water partition coefficient (Wildman–Crippen LogP) is 11.5. The summed E-state index contributed by atoms with van der Waals surface area (Å²) in [5, 5.41) is 4.37. The van der Waals surface area contributed by atoms with Crippen molar-refractivity contribution in [3.05, 3.63) is 144 Å². The van der Waals surface area contributed by atoms with Crippen LogP contribution in [0.1, 0.15) is 22.3 Å². The van der Waals surface area contributed by atoms with Crippen LogP contribution in [-0.2, 0) is 6.18 Å². The lowest BCUT2D eigenvalue weighted by Gasteiger charge is -2.19. The molecule has 2 heterocycles. The van der Waals surface area contributed by atoms with Crippen LogP contribution in [-0.4, -0.2) is 9.13 Å². The van der Waals surface area contributed by atoms with Crippen LogP contribution < -0.4 is 0 Å². The van der Waals surface area contributed by atoms with E-state index in [2.05, 4.69) is 71.5 Å². The van der Waals surface area contributed by atoms with Crippen molar-refractivity contribution in [1.82, 2.24) is 9.13 Å².